The molecule has 0 saturated carbocycles. The largest absolute Gasteiger partial charge is 0.465 e. The Kier molecular flexibility index (Phi) is 4.86. The number of aromatic nitrogens is 2. The smallest absolute Gasteiger partial charge is 0.337 e. The Balaban J connectivity index is 2.06. The fourth-order valence-corrected chi connectivity index (χ4v) is 4.56. The van der Waals surface area contributed by atoms with Gasteiger partial charge in [-0.2, -0.15) is 0 Å². The Morgan fingerprint density at radius 2 is 1.73 bits per heavy atom. The normalized spacial score (nSPS) is 14.5. The summed E-state index contributed by atoms with van der Waals surface area (Å²) in [5.41, 5.74) is 2.96. The second kappa shape index (κ2) is 6.95. The van der Waals surface area contributed by atoms with Crippen LogP contribution in [-0.2, 0) is 28.9 Å². The number of benzene rings is 1. The number of methoxy groups -OCH3 is 1. The monoisotopic (exact) mass is 436 g/mol. The van der Waals surface area contributed by atoms with E-state index in [9.17, 15) is 32.4 Å². The fourth-order valence-electron chi connectivity index (χ4n) is 3.01. The van der Waals surface area contributed by atoms with Gasteiger partial charge < -0.3 is 10.5 Å². The number of Topliss-reactive ketones (excluding diaryl/α,β-unsaturated/α-hetero) is 1. The molecule has 2 N–H and O–H groups in total. The minimum atomic E-state index is -4.48. The Hall–Kier alpha value is -3.74. The average molecular weight is 436 g/mol. The predicted octanol–water partition coefficient (Wildman–Crippen LogP) is -1.52. The van der Waals surface area contributed by atoms with Crippen molar-refractivity contribution in [1.29, 1.82) is 0 Å². The van der Waals surface area contributed by atoms with Gasteiger partial charge in [0.05, 0.1) is 18.2 Å². The van der Waals surface area contributed by atoms with Gasteiger partial charge in [0.2, 0.25) is 0 Å². The van der Waals surface area contributed by atoms with Crippen molar-refractivity contribution in [2.45, 2.75) is 4.90 Å². The number of nitrogens with zero attached hydrogens (tertiary/aromatic N) is 3. The Morgan fingerprint density at radius 3 is 2.33 bits per heavy atom. The van der Waals surface area contributed by atoms with Crippen molar-refractivity contribution in [2.75, 3.05) is 19.4 Å². The number of hydrogen-bond donors (Lipinski definition) is 1. The molecule has 1 amide bonds. The summed E-state index contributed by atoms with van der Waals surface area (Å²) in [4.78, 5) is 60.7. The molecule has 13 heteroatoms. The highest BCUT2D eigenvalue weighted by atomic mass is 32.2. The molecular weight excluding hydrogens is 420 g/mol. The molecule has 0 atom stereocenters. The summed E-state index contributed by atoms with van der Waals surface area (Å²) in [6.07, 6.45) is 0. The Bertz CT molecular complexity index is 1350. The van der Waals surface area contributed by atoms with Crippen molar-refractivity contribution >= 4 is 33.5 Å². The van der Waals surface area contributed by atoms with Crippen LogP contribution in [0.2, 0.25) is 0 Å². The van der Waals surface area contributed by atoms with Crippen LogP contribution >= 0.6 is 0 Å². The zero-order valence-corrected chi connectivity index (χ0v) is 16.8. The number of anilines is 1. The fraction of sp³-hybridized carbons (Fsp3) is 0.235. The molecule has 0 unspecified atom stereocenters. The zero-order valence-electron chi connectivity index (χ0n) is 16.0. The third-order valence-corrected chi connectivity index (χ3v) is 6.47. The second-order valence-corrected chi connectivity index (χ2v) is 8.24. The van der Waals surface area contributed by atoms with Gasteiger partial charge in [-0.1, -0.05) is 0 Å². The van der Waals surface area contributed by atoms with Gasteiger partial charge >= 0.3 is 11.7 Å². The van der Waals surface area contributed by atoms with E-state index in [0.717, 1.165) is 30.9 Å². The summed E-state index contributed by atoms with van der Waals surface area (Å²) >= 11 is 0. The van der Waals surface area contributed by atoms with Crippen LogP contribution in [-0.4, -0.2) is 53.2 Å². The quantitative estimate of drug-likeness (QED) is 0.442. The number of esters is 1. The molecule has 0 radical (unpaired) electrons. The van der Waals surface area contributed by atoms with Crippen LogP contribution < -0.4 is 17.0 Å². The van der Waals surface area contributed by atoms with Gasteiger partial charge in [-0.05, 0) is 18.2 Å². The first-order valence-electron chi connectivity index (χ1n) is 8.31. The van der Waals surface area contributed by atoms with Crippen LogP contribution in [0.4, 0.5) is 5.82 Å². The molecule has 0 saturated heterocycles. The number of ether oxygens (including phenoxy) is 1. The number of fused-ring (bicyclic) bond motifs is 1. The van der Waals surface area contributed by atoms with Crippen LogP contribution in [0.15, 0.2) is 32.7 Å². The second-order valence-electron chi connectivity index (χ2n) is 6.41. The van der Waals surface area contributed by atoms with E-state index in [-0.39, 0.29) is 15.4 Å². The van der Waals surface area contributed by atoms with Crippen molar-refractivity contribution in [3.05, 3.63) is 55.7 Å². The van der Waals surface area contributed by atoms with Gasteiger partial charge in [0.25, 0.3) is 21.5 Å². The topological polar surface area (TPSA) is 168 Å². The molecule has 2 aromatic rings. The molecule has 1 aromatic heterocycles. The lowest BCUT2D eigenvalue weighted by molar-refractivity contribution is 0.0600. The predicted molar refractivity (Wildman–Crippen MR) is 102 cm³/mol. The number of carbonyl (C=O) groups is 3. The van der Waals surface area contributed by atoms with Gasteiger partial charge in [-0.15, -0.1) is 0 Å². The average Bonchev–Trinajstić information content (AvgIpc) is 2.90. The molecular formula is C17H16N4O8S. The molecule has 1 aliphatic rings. The Labute approximate surface area is 169 Å². The maximum atomic E-state index is 12.8. The number of ketones is 1. The third kappa shape index (κ3) is 2.90. The van der Waals surface area contributed by atoms with Crippen LogP contribution in [0.1, 0.15) is 31.1 Å². The summed E-state index contributed by atoms with van der Waals surface area (Å²) in [7, 11) is -1.01. The highest BCUT2D eigenvalue weighted by Crippen LogP contribution is 2.31. The molecule has 0 spiro atoms. The van der Waals surface area contributed by atoms with Crippen molar-refractivity contribution in [1.82, 2.24) is 13.4 Å². The first kappa shape index (κ1) is 21.0. The molecule has 0 bridgehead atoms. The summed E-state index contributed by atoms with van der Waals surface area (Å²) in [5, 5.41) is 0. The van der Waals surface area contributed by atoms with Crippen molar-refractivity contribution in [3.8, 4) is 0 Å². The molecule has 12 nitrogen and oxygen atoms in total. The molecule has 158 valence electrons. The van der Waals surface area contributed by atoms with E-state index in [4.69, 9.17) is 5.73 Å². The van der Waals surface area contributed by atoms with Gasteiger partial charge in [-0.25, -0.2) is 22.3 Å². The SMILES string of the molecule is COC(=O)c1ccc2c(c1)S(=O)(=O)N(CC(=O)c1c(N)n(C)c(=O)n(C)c1=O)C2=O. The summed E-state index contributed by atoms with van der Waals surface area (Å²) in [6, 6.07) is 3.31. The highest BCUT2D eigenvalue weighted by Gasteiger charge is 2.43. The highest BCUT2D eigenvalue weighted by molar-refractivity contribution is 7.90. The van der Waals surface area contributed by atoms with E-state index < -0.39 is 61.8 Å². The number of carbonyl (C=O) groups excluding carboxylic acids is 3. The molecule has 3 rings (SSSR count). The summed E-state index contributed by atoms with van der Waals surface area (Å²) < 4.78 is 31.9. The minimum Gasteiger partial charge on any atom is -0.465 e. The molecule has 1 aliphatic heterocycles. The van der Waals surface area contributed by atoms with Gasteiger partial charge in [0.15, 0.2) is 5.78 Å². The number of nitrogens with two attached hydrogens (primary N) is 1. The van der Waals surface area contributed by atoms with Crippen LogP contribution in [0.3, 0.4) is 0 Å². The number of sulfonamides is 1. The maximum absolute atomic E-state index is 12.8. The summed E-state index contributed by atoms with van der Waals surface area (Å²) in [6.45, 7) is -1.01. The van der Waals surface area contributed by atoms with Crippen LogP contribution in [0, 0.1) is 0 Å². The molecule has 0 aliphatic carbocycles. The van der Waals surface area contributed by atoms with Crippen LogP contribution in [0.5, 0.6) is 0 Å². The molecule has 30 heavy (non-hydrogen) atoms. The van der Waals surface area contributed by atoms with Crippen molar-refractivity contribution < 1.29 is 27.5 Å². The van der Waals surface area contributed by atoms with Crippen LogP contribution in [0.25, 0.3) is 0 Å². The summed E-state index contributed by atoms with van der Waals surface area (Å²) in [5.74, 6) is -3.34. The minimum absolute atomic E-state index is 0.100. The zero-order chi connectivity index (χ0) is 22.5. The molecule has 1 aromatic carbocycles. The van der Waals surface area contributed by atoms with Crippen molar-refractivity contribution in [2.24, 2.45) is 14.1 Å². The van der Waals surface area contributed by atoms with E-state index in [0.29, 0.717) is 4.57 Å². The van der Waals surface area contributed by atoms with Gasteiger partial charge in [0, 0.05) is 14.1 Å². The number of amides is 1. The third-order valence-electron chi connectivity index (χ3n) is 4.70. The molecule has 0 fully saturated rings. The van der Waals surface area contributed by atoms with Gasteiger partial charge in [-0.3, -0.25) is 23.5 Å². The van der Waals surface area contributed by atoms with E-state index in [1.807, 2.05) is 0 Å². The van der Waals surface area contributed by atoms with E-state index >= 15 is 0 Å². The van der Waals surface area contributed by atoms with E-state index in [1.54, 1.807) is 0 Å². The lowest BCUT2D eigenvalue weighted by Gasteiger charge is -2.16. The number of hydrogen-bond acceptors (Lipinski definition) is 9. The first-order valence-corrected chi connectivity index (χ1v) is 9.75. The lowest BCUT2D eigenvalue weighted by atomic mass is 10.1. The Morgan fingerprint density at radius 1 is 1.10 bits per heavy atom. The molecule has 2 heterocycles. The van der Waals surface area contributed by atoms with Crippen molar-refractivity contribution in [3.63, 3.8) is 0 Å². The van der Waals surface area contributed by atoms with Gasteiger partial charge in [0.1, 0.15) is 22.8 Å². The number of rotatable bonds is 4. The lowest BCUT2D eigenvalue weighted by Crippen LogP contribution is -2.44. The number of nitrogen functional groups attached to an aromatic ring is 1. The van der Waals surface area contributed by atoms with E-state index in [2.05, 4.69) is 4.74 Å². The maximum Gasteiger partial charge on any atom is 0.337 e. The standard InChI is InChI=1S/C17H16N4O8S/c1-19-13(18)12(15(24)20(2)17(19)26)10(22)7-21-14(23)9-5-4-8(16(25)29-3)6-11(9)30(21,27)28/h4-6H,7,18H2,1-3H3. The van der Waals surface area contributed by atoms with E-state index in [1.165, 1.54) is 13.1 Å². The first-order chi connectivity index (χ1) is 13.9.